The van der Waals surface area contributed by atoms with Gasteiger partial charge in [0, 0.05) is 30.2 Å². The number of nitrogens with zero attached hydrogens (tertiary/aromatic N) is 1. The Kier molecular flexibility index (Phi) is 5.08. The lowest BCUT2D eigenvalue weighted by Gasteiger charge is -2.27. The lowest BCUT2D eigenvalue weighted by molar-refractivity contribution is 0.0771. The summed E-state index contributed by atoms with van der Waals surface area (Å²) in [6.45, 7) is 2.66. The Balaban J connectivity index is 2.12. The monoisotopic (exact) mass is 264 g/mol. The van der Waals surface area contributed by atoms with E-state index in [4.69, 9.17) is 0 Å². The van der Waals surface area contributed by atoms with Crippen molar-refractivity contribution in [2.24, 2.45) is 0 Å². The zero-order chi connectivity index (χ0) is 12.8. The van der Waals surface area contributed by atoms with Crippen molar-refractivity contribution in [2.45, 2.75) is 6.42 Å². The van der Waals surface area contributed by atoms with Gasteiger partial charge in [-0.1, -0.05) is 18.2 Å². The van der Waals surface area contributed by atoms with E-state index in [0.29, 0.717) is 0 Å². The molecule has 1 aliphatic rings. The van der Waals surface area contributed by atoms with E-state index in [1.807, 2.05) is 41.9 Å². The molecule has 0 unspecified atom stereocenters. The van der Waals surface area contributed by atoms with Gasteiger partial charge in [0.1, 0.15) is 0 Å². The van der Waals surface area contributed by atoms with Crippen LogP contribution in [0.5, 0.6) is 0 Å². The van der Waals surface area contributed by atoms with Gasteiger partial charge in [-0.05, 0) is 31.6 Å². The molecule has 1 amide bonds. The average Bonchev–Trinajstić information content (AvgIpc) is 2.45. The SMILES string of the molecule is CNCCc1ccccc1C(=O)N1CCSCC1. The quantitative estimate of drug-likeness (QED) is 0.897. The van der Waals surface area contributed by atoms with Crippen LogP contribution in [0.25, 0.3) is 0 Å². The van der Waals surface area contributed by atoms with Crippen molar-refractivity contribution >= 4 is 17.7 Å². The van der Waals surface area contributed by atoms with Gasteiger partial charge in [-0.25, -0.2) is 0 Å². The number of benzene rings is 1. The standard InChI is InChI=1S/C14H20N2OS/c1-15-7-6-12-4-2-3-5-13(12)14(17)16-8-10-18-11-9-16/h2-5,15H,6-11H2,1H3. The number of hydrogen-bond acceptors (Lipinski definition) is 3. The molecule has 0 spiro atoms. The number of thioether (sulfide) groups is 1. The average molecular weight is 264 g/mol. The molecular formula is C14H20N2OS. The Morgan fingerprint density at radius 1 is 1.33 bits per heavy atom. The third-order valence-electron chi connectivity index (χ3n) is 3.19. The second-order valence-corrected chi connectivity index (χ2v) is 5.64. The van der Waals surface area contributed by atoms with Gasteiger partial charge in [-0.3, -0.25) is 4.79 Å². The Morgan fingerprint density at radius 3 is 2.78 bits per heavy atom. The highest BCUT2D eigenvalue weighted by Gasteiger charge is 2.20. The van der Waals surface area contributed by atoms with E-state index < -0.39 is 0 Å². The molecule has 1 saturated heterocycles. The number of rotatable bonds is 4. The lowest BCUT2D eigenvalue weighted by atomic mass is 10.0. The van der Waals surface area contributed by atoms with Crippen LogP contribution in [0.2, 0.25) is 0 Å². The highest BCUT2D eigenvalue weighted by Crippen LogP contribution is 2.16. The van der Waals surface area contributed by atoms with Gasteiger partial charge < -0.3 is 10.2 Å². The van der Waals surface area contributed by atoms with E-state index in [1.54, 1.807) is 0 Å². The van der Waals surface area contributed by atoms with E-state index in [2.05, 4.69) is 11.4 Å². The summed E-state index contributed by atoms with van der Waals surface area (Å²) in [7, 11) is 1.94. The first-order valence-electron chi connectivity index (χ1n) is 6.42. The molecule has 1 aromatic carbocycles. The van der Waals surface area contributed by atoms with Gasteiger partial charge in [0.25, 0.3) is 5.91 Å². The van der Waals surface area contributed by atoms with Crippen molar-refractivity contribution in [1.29, 1.82) is 0 Å². The molecule has 0 aromatic heterocycles. The lowest BCUT2D eigenvalue weighted by Crippen LogP contribution is -2.38. The maximum absolute atomic E-state index is 12.5. The molecule has 0 atom stereocenters. The molecule has 1 aliphatic heterocycles. The molecule has 18 heavy (non-hydrogen) atoms. The second-order valence-electron chi connectivity index (χ2n) is 4.42. The van der Waals surface area contributed by atoms with Gasteiger partial charge in [0.05, 0.1) is 0 Å². The van der Waals surface area contributed by atoms with Crippen molar-refractivity contribution in [3.8, 4) is 0 Å². The molecule has 0 bridgehead atoms. The van der Waals surface area contributed by atoms with E-state index in [9.17, 15) is 4.79 Å². The van der Waals surface area contributed by atoms with Crippen LogP contribution in [0.3, 0.4) is 0 Å². The summed E-state index contributed by atoms with van der Waals surface area (Å²) in [6, 6.07) is 7.97. The topological polar surface area (TPSA) is 32.3 Å². The van der Waals surface area contributed by atoms with E-state index in [0.717, 1.165) is 48.7 Å². The number of carbonyl (C=O) groups excluding carboxylic acids is 1. The fraction of sp³-hybridized carbons (Fsp3) is 0.500. The van der Waals surface area contributed by atoms with Gasteiger partial charge in [-0.15, -0.1) is 0 Å². The normalized spacial score (nSPS) is 15.7. The molecule has 0 radical (unpaired) electrons. The van der Waals surface area contributed by atoms with Crippen LogP contribution in [0, 0.1) is 0 Å². The highest BCUT2D eigenvalue weighted by molar-refractivity contribution is 7.99. The molecule has 2 rings (SSSR count). The Bertz CT molecular complexity index is 403. The third kappa shape index (κ3) is 3.27. The third-order valence-corrected chi connectivity index (χ3v) is 4.13. The largest absolute Gasteiger partial charge is 0.337 e. The van der Waals surface area contributed by atoms with Gasteiger partial charge in [0.2, 0.25) is 0 Å². The number of carbonyl (C=O) groups is 1. The van der Waals surface area contributed by atoms with E-state index in [1.165, 1.54) is 0 Å². The maximum atomic E-state index is 12.5. The van der Waals surface area contributed by atoms with Crippen molar-refractivity contribution in [3.05, 3.63) is 35.4 Å². The molecule has 0 aliphatic carbocycles. The van der Waals surface area contributed by atoms with Crippen molar-refractivity contribution in [1.82, 2.24) is 10.2 Å². The van der Waals surface area contributed by atoms with Gasteiger partial charge in [-0.2, -0.15) is 11.8 Å². The van der Waals surface area contributed by atoms with Crippen LogP contribution in [0.1, 0.15) is 15.9 Å². The molecule has 98 valence electrons. The first-order valence-corrected chi connectivity index (χ1v) is 7.58. The number of likely N-dealkylation sites (N-methyl/N-ethyl adjacent to an activating group) is 1. The van der Waals surface area contributed by atoms with Crippen molar-refractivity contribution in [3.63, 3.8) is 0 Å². The van der Waals surface area contributed by atoms with Crippen LogP contribution < -0.4 is 5.32 Å². The first-order chi connectivity index (χ1) is 8.83. The summed E-state index contributed by atoms with van der Waals surface area (Å²) < 4.78 is 0. The fourth-order valence-corrected chi connectivity index (χ4v) is 3.05. The molecular weight excluding hydrogens is 244 g/mol. The summed E-state index contributed by atoms with van der Waals surface area (Å²) >= 11 is 1.93. The fourth-order valence-electron chi connectivity index (χ4n) is 2.14. The molecule has 0 saturated carbocycles. The highest BCUT2D eigenvalue weighted by atomic mass is 32.2. The smallest absolute Gasteiger partial charge is 0.254 e. The van der Waals surface area contributed by atoms with Gasteiger partial charge >= 0.3 is 0 Å². The zero-order valence-corrected chi connectivity index (χ0v) is 11.6. The van der Waals surface area contributed by atoms with Crippen LogP contribution in [-0.4, -0.2) is 49.0 Å². The number of nitrogens with one attached hydrogen (secondary N) is 1. The molecule has 1 fully saturated rings. The summed E-state index contributed by atoms with van der Waals surface area (Å²) in [4.78, 5) is 14.5. The molecule has 4 heteroatoms. The zero-order valence-electron chi connectivity index (χ0n) is 10.8. The van der Waals surface area contributed by atoms with E-state index >= 15 is 0 Å². The Morgan fingerprint density at radius 2 is 2.06 bits per heavy atom. The summed E-state index contributed by atoms with van der Waals surface area (Å²) in [6.07, 6.45) is 0.904. The molecule has 1 aromatic rings. The first kappa shape index (κ1) is 13.4. The van der Waals surface area contributed by atoms with Crippen molar-refractivity contribution in [2.75, 3.05) is 38.2 Å². The van der Waals surface area contributed by atoms with Crippen LogP contribution >= 0.6 is 11.8 Å². The van der Waals surface area contributed by atoms with Crippen molar-refractivity contribution < 1.29 is 4.79 Å². The van der Waals surface area contributed by atoms with Crippen LogP contribution in [0.4, 0.5) is 0 Å². The molecule has 1 N–H and O–H groups in total. The predicted octanol–water partition coefficient (Wildman–Crippen LogP) is 1.64. The second kappa shape index (κ2) is 6.81. The number of hydrogen-bond donors (Lipinski definition) is 1. The predicted molar refractivity (Wildman–Crippen MR) is 77.3 cm³/mol. The van der Waals surface area contributed by atoms with Crippen LogP contribution in [0.15, 0.2) is 24.3 Å². The molecule has 3 nitrogen and oxygen atoms in total. The Hall–Kier alpha value is -1.00. The minimum Gasteiger partial charge on any atom is -0.337 e. The number of amides is 1. The minimum absolute atomic E-state index is 0.196. The maximum Gasteiger partial charge on any atom is 0.254 e. The van der Waals surface area contributed by atoms with E-state index in [-0.39, 0.29) is 5.91 Å². The Labute approximate surface area is 113 Å². The summed E-state index contributed by atoms with van der Waals surface area (Å²) in [5, 5.41) is 3.13. The summed E-state index contributed by atoms with van der Waals surface area (Å²) in [5.41, 5.74) is 2.02. The minimum atomic E-state index is 0.196. The van der Waals surface area contributed by atoms with Crippen LogP contribution in [-0.2, 0) is 6.42 Å². The summed E-state index contributed by atoms with van der Waals surface area (Å²) in [5.74, 6) is 2.32. The molecule has 1 heterocycles. The van der Waals surface area contributed by atoms with Gasteiger partial charge in [0.15, 0.2) is 0 Å².